The van der Waals surface area contributed by atoms with Gasteiger partial charge in [-0.1, -0.05) is 13.0 Å². The molecule has 0 spiro atoms. The van der Waals surface area contributed by atoms with Crippen LogP contribution in [-0.2, 0) is 6.61 Å². The number of hydrogen-bond acceptors (Lipinski definition) is 4. The average molecular weight is 330 g/mol. The summed E-state index contributed by atoms with van der Waals surface area (Å²) in [6, 6.07) is 7.65. The lowest BCUT2D eigenvalue weighted by molar-refractivity contribution is 0.0922. The van der Waals surface area contributed by atoms with E-state index in [1.165, 1.54) is 12.8 Å². The van der Waals surface area contributed by atoms with Crippen LogP contribution < -0.4 is 10.1 Å². The summed E-state index contributed by atoms with van der Waals surface area (Å²) in [6.07, 6.45) is 4.54. The van der Waals surface area contributed by atoms with Gasteiger partial charge in [0, 0.05) is 17.0 Å². The van der Waals surface area contributed by atoms with Crippen molar-refractivity contribution in [1.82, 2.24) is 10.3 Å². The van der Waals surface area contributed by atoms with E-state index in [0.717, 1.165) is 24.5 Å². The molecule has 122 valence electrons. The van der Waals surface area contributed by atoms with Crippen molar-refractivity contribution in [3.63, 3.8) is 0 Å². The van der Waals surface area contributed by atoms with Crippen LogP contribution in [-0.4, -0.2) is 16.9 Å². The largest absolute Gasteiger partial charge is 0.487 e. The first-order valence-electron chi connectivity index (χ1n) is 8.11. The smallest absolute Gasteiger partial charge is 0.251 e. The number of amides is 1. The van der Waals surface area contributed by atoms with Crippen molar-refractivity contribution in [3.8, 4) is 5.75 Å². The number of nitrogens with zero attached hydrogens (tertiary/aromatic N) is 1. The summed E-state index contributed by atoms with van der Waals surface area (Å²) in [5, 5.41) is 5.11. The maximum atomic E-state index is 12.4. The first-order chi connectivity index (χ1) is 11.2. The molecule has 1 fully saturated rings. The molecule has 5 heteroatoms. The van der Waals surface area contributed by atoms with E-state index in [-0.39, 0.29) is 5.91 Å². The van der Waals surface area contributed by atoms with E-state index in [9.17, 15) is 4.79 Å². The van der Waals surface area contributed by atoms with E-state index in [2.05, 4.69) is 17.2 Å². The van der Waals surface area contributed by atoms with Gasteiger partial charge < -0.3 is 10.1 Å². The monoisotopic (exact) mass is 330 g/mol. The third-order valence-electron chi connectivity index (χ3n) is 4.32. The van der Waals surface area contributed by atoms with Crippen LogP contribution in [0.25, 0.3) is 0 Å². The zero-order valence-electron chi connectivity index (χ0n) is 13.3. The van der Waals surface area contributed by atoms with Crippen LogP contribution >= 0.6 is 11.3 Å². The van der Waals surface area contributed by atoms with Crippen LogP contribution in [0.3, 0.4) is 0 Å². The Labute approximate surface area is 140 Å². The third-order valence-corrected chi connectivity index (χ3v) is 4.95. The van der Waals surface area contributed by atoms with Crippen LogP contribution in [0.1, 0.15) is 48.7 Å². The quantitative estimate of drug-likeness (QED) is 0.900. The van der Waals surface area contributed by atoms with Gasteiger partial charge in [-0.15, -0.1) is 11.3 Å². The predicted molar refractivity (Wildman–Crippen MR) is 91.8 cm³/mol. The minimum absolute atomic E-state index is 0.0105. The zero-order valence-corrected chi connectivity index (χ0v) is 14.1. The second-order valence-corrected chi connectivity index (χ2v) is 6.95. The van der Waals surface area contributed by atoms with Crippen molar-refractivity contribution in [2.45, 2.75) is 45.3 Å². The fraction of sp³-hybridized carbons (Fsp3) is 0.444. The summed E-state index contributed by atoms with van der Waals surface area (Å²) in [4.78, 5) is 16.6. The normalized spacial score (nSPS) is 20.9. The molecule has 1 aromatic heterocycles. The maximum Gasteiger partial charge on any atom is 0.251 e. The van der Waals surface area contributed by atoms with Crippen LogP contribution in [0, 0.1) is 5.92 Å². The topological polar surface area (TPSA) is 51.2 Å². The number of hydrogen-bond donors (Lipinski definition) is 1. The molecule has 1 heterocycles. The molecule has 3 rings (SSSR count). The Balaban J connectivity index is 1.56. The van der Waals surface area contributed by atoms with Gasteiger partial charge in [0.2, 0.25) is 0 Å². The van der Waals surface area contributed by atoms with E-state index in [1.807, 2.05) is 23.6 Å². The van der Waals surface area contributed by atoms with Gasteiger partial charge in [0.15, 0.2) is 0 Å². The number of rotatable bonds is 5. The highest BCUT2D eigenvalue weighted by Crippen LogP contribution is 2.24. The summed E-state index contributed by atoms with van der Waals surface area (Å²) in [5.41, 5.74) is 3.34. The van der Waals surface area contributed by atoms with Gasteiger partial charge in [-0.3, -0.25) is 4.79 Å². The van der Waals surface area contributed by atoms with Crippen molar-refractivity contribution in [3.05, 3.63) is 46.4 Å². The molecule has 0 saturated heterocycles. The predicted octanol–water partition coefficient (Wildman–Crippen LogP) is 4.03. The fourth-order valence-corrected chi connectivity index (χ4v) is 3.41. The summed E-state index contributed by atoms with van der Waals surface area (Å²) < 4.78 is 5.71. The molecule has 1 N–H and O–H groups in total. The molecule has 4 nitrogen and oxygen atoms in total. The molecule has 1 aliphatic carbocycles. The molecule has 1 amide bonds. The second kappa shape index (κ2) is 7.59. The van der Waals surface area contributed by atoms with Crippen molar-refractivity contribution in [1.29, 1.82) is 0 Å². The molecule has 0 aliphatic heterocycles. The molecule has 0 bridgehead atoms. The molecule has 0 unspecified atom stereocenters. The molecule has 0 atom stereocenters. The Morgan fingerprint density at radius 3 is 2.91 bits per heavy atom. The van der Waals surface area contributed by atoms with E-state index < -0.39 is 0 Å². The summed E-state index contributed by atoms with van der Waals surface area (Å²) in [7, 11) is 0. The Morgan fingerprint density at radius 1 is 1.35 bits per heavy atom. The van der Waals surface area contributed by atoms with Gasteiger partial charge in [-0.2, -0.15) is 0 Å². The lowest BCUT2D eigenvalue weighted by Crippen LogP contribution is -2.37. The molecule has 1 aliphatic rings. The maximum absolute atomic E-state index is 12.4. The Kier molecular flexibility index (Phi) is 5.28. The minimum Gasteiger partial charge on any atom is -0.487 e. The van der Waals surface area contributed by atoms with Gasteiger partial charge >= 0.3 is 0 Å². The average Bonchev–Trinajstić information content (AvgIpc) is 3.09. The van der Waals surface area contributed by atoms with Gasteiger partial charge in [0.25, 0.3) is 5.91 Å². The minimum atomic E-state index is -0.0105. The van der Waals surface area contributed by atoms with Gasteiger partial charge in [-0.05, 0) is 49.8 Å². The Morgan fingerprint density at radius 2 is 2.17 bits per heavy atom. The highest BCUT2D eigenvalue weighted by atomic mass is 32.1. The highest BCUT2D eigenvalue weighted by Gasteiger charge is 2.20. The second-order valence-electron chi connectivity index (χ2n) is 6.23. The SMILES string of the molecule is CC1CCC(NC(=O)c2cccc(OCc3cscn3)c2)CC1. The number of nitrogens with one attached hydrogen (secondary N) is 1. The first kappa shape index (κ1) is 16.0. The number of carbonyl (C=O) groups excluding carboxylic acids is 1. The van der Waals surface area contributed by atoms with Crippen LogP contribution in [0.2, 0.25) is 0 Å². The number of benzene rings is 1. The summed E-state index contributed by atoms with van der Waals surface area (Å²) in [5.74, 6) is 1.47. The molecular formula is C18H22N2O2S. The Bertz CT molecular complexity index is 634. The van der Waals surface area contributed by atoms with E-state index >= 15 is 0 Å². The van der Waals surface area contributed by atoms with E-state index in [0.29, 0.717) is 24.0 Å². The fourth-order valence-electron chi connectivity index (χ4n) is 2.87. The highest BCUT2D eigenvalue weighted by molar-refractivity contribution is 7.07. The van der Waals surface area contributed by atoms with Crippen molar-refractivity contribution >= 4 is 17.2 Å². The number of carbonyl (C=O) groups is 1. The molecule has 0 radical (unpaired) electrons. The summed E-state index contributed by atoms with van der Waals surface area (Å²) in [6.45, 7) is 2.70. The third kappa shape index (κ3) is 4.55. The first-order valence-corrected chi connectivity index (χ1v) is 9.06. The van der Waals surface area contributed by atoms with Gasteiger partial charge in [0.1, 0.15) is 12.4 Å². The molecule has 23 heavy (non-hydrogen) atoms. The van der Waals surface area contributed by atoms with E-state index in [4.69, 9.17) is 4.74 Å². The van der Waals surface area contributed by atoms with Crippen LogP contribution in [0.5, 0.6) is 5.75 Å². The van der Waals surface area contributed by atoms with Gasteiger partial charge in [0.05, 0.1) is 11.2 Å². The molecule has 1 aromatic carbocycles. The Hall–Kier alpha value is -1.88. The lowest BCUT2D eigenvalue weighted by Gasteiger charge is -2.26. The molecule has 2 aromatic rings. The lowest BCUT2D eigenvalue weighted by atomic mass is 9.87. The number of ether oxygens (including phenoxy) is 1. The molecule has 1 saturated carbocycles. The van der Waals surface area contributed by atoms with Crippen molar-refractivity contribution in [2.24, 2.45) is 5.92 Å². The molecular weight excluding hydrogens is 308 g/mol. The standard InChI is InChI=1S/C18H22N2O2S/c1-13-5-7-15(8-6-13)20-18(21)14-3-2-4-17(9-14)22-10-16-11-23-12-19-16/h2-4,9,11-13,15H,5-8,10H2,1H3,(H,20,21). The zero-order chi connectivity index (χ0) is 16.1. The van der Waals surface area contributed by atoms with E-state index in [1.54, 1.807) is 22.9 Å². The van der Waals surface area contributed by atoms with Gasteiger partial charge in [-0.25, -0.2) is 4.98 Å². The van der Waals surface area contributed by atoms with Crippen LogP contribution in [0.4, 0.5) is 0 Å². The van der Waals surface area contributed by atoms with Crippen molar-refractivity contribution < 1.29 is 9.53 Å². The summed E-state index contributed by atoms with van der Waals surface area (Å²) >= 11 is 1.55. The van der Waals surface area contributed by atoms with Crippen LogP contribution in [0.15, 0.2) is 35.2 Å². The number of aromatic nitrogens is 1. The number of thiazole rings is 1. The van der Waals surface area contributed by atoms with Crippen molar-refractivity contribution in [2.75, 3.05) is 0 Å².